The van der Waals surface area contributed by atoms with Crippen LogP contribution in [-0.4, -0.2) is 78.7 Å². The lowest BCUT2D eigenvalue weighted by molar-refractivity contribution is -0.192. The Hall–Kier alpha value is -4.25. The maximum Gasteiger partial charge on any atom is 0.490 e. The van der Waals surface area contributed by atoms with Crippen molar-refractivity contribution in [2.24, 2.45) is 18.5 Å². The minimum absolute atomic E-state index is 0.0288. The van der Waals surface area contributed by atoms with Gasteiger partial charge in [0, 0.05) is 32.1 Å². The number of carbonyl (C=O) groups excluding carboxylic acids is 2. The largest absolute Gasteiger partial charge is 0.490 e. The summed E-state index contributed by atoms with van der Waals surface area (Å²) in [6, 6.07) is 1.62. The molecule has 0 saturated carbocycles. The van der Waals surface area contributed by atoms with Crippen molar-refractivity contribution in [3.05, 3.63) is 35.9 Å². The highest BCUT2D eigenvalue weighted by atomic mass is 19.4. The summed E-state index contributed by atoms with van der Waals surface area (Å²) in [6.45, 7) is 1.12. The van der Waals surface area contributed by atoms with E-state index in [9.17, 15) is 22.8 Å². The van der Waals surface area contributed by atoms with Gasteiger partial charge < -0.3 is 31.9 Å². The molecular weight excluding hydrogens is 491 g/mol. The summed E-state index contributed by atoms with van der Waals surface area (Å²) >= 11 is 0. The number of aromatic nitrogens is 5. The summed E-state index contributed by atoms with van der Waals surface area (Å²) in [4.78, 5) is 37.7. The highest BCUT2D eigenvalue weighted by molar-refractivity contribution is 6.10. The molecule has 1 aliphatic rings. The lowest BCUT2D eigenvalue weighted by atomic mass is 10.1. The van der Waals surface area contributed by atoms with Crippen LogP contribution in [0.2, 0.25) is 0 Å². The molecule has 0 aromatic carbocycles. The van der Waals surface area contributed by atoms with Crippen LogP contribution in [0.25, 0.3) is 5.65 Å². The summed E-state index contributed by atoms with van der Waals surface area (Å²) < 4.78 is 40.1. The molecule has 17 heteroatoms. The molecule has 1 fully saturated rings. The second-order valence-corrected chi connectivity index (χ2v) is 7.60. The monoisotopic (exact) mass is 513 g/mol. The number of carboxylic acids is 1. The van der Waals surface area contributed by atoms with Gasteiger partial charge in [0.15, 0.2) is 11.3 Å². The molecule has 7 N–H and O–H groups in total. The number of rotatable bonds is 5. The first kappa shape index (κ1) is 26.4. The molecule has 0 spiro atoms. The van der Waals surface area contributed by atoms with Gasteiger partial charge in [-0.15, -0.1) is 0 Å². The second-order valence-electron chi connectivity index (χ2n) is 7.60. The molecule has 0 unspecified atom stereocenters. The van der Waals surface area contributed by atoms with Crippen molar-refractivity contribution in [3.63, 3.8) is 0 Å². The van der Waals surface area contributed by atoms with Crippen molar-refractivity contribution < 1.29 is 37.4 Å². The van der Waals surface area contributed by atoms with Gasteiger partial charge in [-0.05, 0) is 12.5 Å². The zero-order chi connectivity index (χ0) is 26.6. The Morgan fingerprint density at radius 3 is 2.61 bits per heavy atom. The molecular formula is C19H22F3N9O5. The number of carbonyl (C=O) groups is 3. The minimum Gasteiger partial charge on any atom is -0.475 e. The molecule has 4 rings (SSSR count). The molecule has 3 aromatic rings. The zero-order valence-corrected chi connectivity index (χ0v) is 18.7. The number of nitrogens with one attached hydrogen (secondary N) is 2. The molecule has 1 saturated heterocycles. The minimum atomic E-state index is -5.08. The number of fused-ring (bicyclic) bond motifs is 1. The third-order valence-electron chi connectivity index (χ3n) is 4.91. The highest BCUT2D eigenvalue weighted by Crippen LogP contribution is 2.18. The van der Waals surface area contributed by atoms with E-state index in [-0.39, 0.29) is 29.0 Å². The predicted molar refractivity (Wildman–Crippen MR) is 117 cm³/mol. The van der Waals surface area contributed by atoms with E-state index in [1.807, 2.05) is 0 Å². The Morgan fingerprint density at radius 1 is 1.31 bits per heavy atom. The van der Waals surface area contributed by atoms with Crippen molar-refractivity contribution in [1.82, 2.24) is 24.4 Å². The highest BCUT2D eigenvalue weighted by Gasteiger charge is 2.38. The molecule has 14 nitrogen and oxygen atoms in total. The van der Waals surface area contributed by atoms with Gasteiger partial charge in [-0.2, -0.15) is 23.4 Å². The standard InChI is InChI=1S/C17H21N9O3.C2HF3O2/c1-25-7-11(14(24-25)15(19)27)22-17(28)9-6-20-26-4-2-13(23-16(9)26)21-12-8-29-5-3-10(12)18;3-2(4,5)1(6)7/h2,4,6-7,10,12H,3,5,8,18H2,1H3,(H2,19,27)(H,21,23)(H,22,28);(H,6,7)/t10-,12+;/m1./s1. The van der Waals surface area contributed by atoms with Crippen LogP contribution >= 0.6 is 0 Å². The SMILES string of the molecule is Cn1cc(NC(=O)c2cnn3ccc(N[C@H]4COCC[C@H]4N)nc23)c(C(N)=O)n1.O=C(O)C(F)(F)F. The lowest BCUT2D eigenvalue weighted by Crippen LogP contribution is -2.47. The van der Waals surface area contributed by atoms with E-state index < -0.39 is 24.0 Å². The van der Waals surface area contributed by atoms with Crippen LogP contribution in [-0.2, 0) is 16.6 Å². The average Bonchev–Trinajstić information content (AvgIpc) is 3.38. The number of amides is 2. The molecule has 3 aromatic heterocycles. The third-order valence-corrected chi connectivity index (χ3v) is 4.91. The van der Waals surface area contributed by atoms with E-state index in [4.69, 9.17) is 26.1 Å². The first-order chi connectivity index (χ1) is 16.9. The van der Waals surface area contributed by atoms with Crippen molar-refractivity contribution in [1.29, 1.82) is 0 Å². The Balaban J connectivity index is 0.000000454. The molecule has 36 heavy (non-hydrogen) atoms. The van der Waals surface area contributed by atoms with Crippen LogP contribution in [0.3, 0.4) is 0 Å². The number of hydrogen-bond acceptors (Lipinski definition) is 9. The topological polar surface area (TPSA) is 205 Å². The van der Waals surface area contributed by atoms with Crippen LogP contribution < -0.4 is 22.1 Å². The average molecular weight is 513 g/mol. The fourth-order valence-electron chi connectivity index (χ4n) is 3.15. The Morgan fingerprint density at radius 2 is 2.00 bits per heavy atom. The first-order valence-electron chi connectivity index (χ1n) is 10.3. The van der Waals surface area contributed by atoms with Crippen LogP contribution in [0.15, 0.2) is 24.7 Å². The molecule has 194 valence electrons. The van der Waals surface area contributed by atoms with Gasteiger partial charge in [0.2, 0.25) is 0 Å². The van der Waals surface area contributed by atoms with Crippen LogP contribution in [0.4, 0.5) is 24.7 Å². The number of primary amides is 1. The van der Waals surface area contributed by atoms with Crippen LogP contribution in [0.5, 0.6) is 0 Å². The maximum atomic E-state index is 12.8. The fraction of sp³-hybridized carbons (Fsp3) is 0.368. The Kier molecular flexibility index (Phi) is 7.74. The first-order valence-corrected chi connectivity index (χ1v) is 10.3. The summed E-state index contributed by atoms with van der Waals surface area (Å²) in [5.74, 6) is -3.43. The number of halogens is 3. The van der Waals surface area contributed by atoms with E-state index in [1.54, 1.807) is 19.3 Å². The van der Waals surface area contributed by atoms with Gasteiger partial charge in [-0.1, -0.05) is 0 Å². The van der Waals surface area contributed by atoms with Crippen molar-refractivity contribution in [2.75, 3.05) is 23.8 Å². The smallest absolute Gasteiger partial charge is 0.475 e. The number of aliphatic carboxylic acids is 1. The molecule has 0 radical (unpaired) electrons. The van der Waals surface area contributed by atoms with E-state index in [0.29, 0.717) is 24.7 Å². The number of alkyl halides is 3. The summed E-state index contributed by atoms with van der Waals surface area (Å²) in [5, 5.41) is 21.1. The fourth-order valence-corrected chi connectivity index (χ4v) is 3.15. The van der Waals surface area contributed by atoms with E-state index in [1.165, 1.54) is 21.6 Å². The number of carboxylic acid groups (broad SMARTS) is 1. The molecule has 0 bridgehead atoms. The van der Waals surface area contributed by atoms with Crippen molar-refractivity contribution in [3.8, 4) is 0 Å². The van der Waals surface area contributed by atoms with Crippen LogP contribution in [0.1, 0.15) is 27.3 Å². The Bertz CT molecular complexity index is 1270. The summed E-state index contributed by atoms with van der Waals surface area (Å²) in [7, 11) is 1.62. The number of anilines is 2. The number of hydrogen-bond donors (Lipinski definition) is 5. The van der Waals surface area contributed by atoms with Crippen LogP contribution in [0, 0.1) is 0 Å². The number of nitrogens with zero attached hydrogens (tertiary/aromatic N) is 5. The lowest BCUT2D eigenvalue weighted by Gasteiger charge is -2.29. The normalized spacial score (nSPS) is 17.7. The van der Waals surface area contributed by atoms with E-state index >= 15 is 0 Å². The molecule has 1 aliphatic heterocycles. The quantitative estimate of drug-likeness (QED) is 0.308. The zero-order valence-electron chi connectivity index (χ0n) is 18.7. The van der Waals surface area contributed by atoms with E-state index in [2.05, 4.69) is 25.8 Å². The molecule has 4 heterocycles. The molecule has 2 amide bonds. The number of aryl methyl sites for hydroxylation is 1. The molecule has 0 aliphatic carbocycles. The van der Waals surface area contributed by atoms with Gasteiger partial charge >= 0.3 is 12.1 Å². The number of ether oxygens (including phenoxy) is 1. The van der Waals surface area contributed by atoms with Gasteiger partial charge in [-0.3, -0.25) is 14.3 Å². The van der Waals surface area contributed by atoms with E-state index in [0.717, 1.165) is 6.42 Å². The summed E-state index contributed by atoms with van der Waals surface area (Å²) in [6.07, 6.45) is 0.259. The maximum absolute atomic E-state index is 12.8. The second kappa shape index (κ2) is 10.6. The predicted octanol–water partition coefficient (Wildman–Crippen LogP) is -0.0246. The Labute approximate surface area is 200 Å². The third kappa shape index (κ3) is 6.25. The van der Waals surface area contributed by atoms with Crippen molar-refractivity contribution in [2.45, 2.75) is 24.7 Å². The summed E-state index contributed by atoms with van der Waals surface area (Å²) in [5.41, 5.74) is 12.2. The van der Waals surface area contributed by atoms with Gasteiger partial charge in [0.1, 0.15) is 11.4 Å². The number of nitrogens with two attached hydrogens (primary N) is 2. The molecule has 2 atom stereocenters. The van der Waals surface area contributed by atoms with Gasteiger partial charge in [-0.25, -0.2) is 14.3 Å². The van der Waals surface area contributed by atoms with Crippen molar-refractivity contribution >= 4 is 34.9 Å². The van der Waals surface area contributed by atoms with Gasteiger partial charge in [0.25, 0.3) is 11.8 Å². The van der Waals surface area contributed by atoms with Gasteiger partial charge in [0.05, 0.1) is 24.5 Å².